The Hall–Kier alpha value is -1.39. The Morgan fingerprint density at radius 1 is 0.947 bits per heavy atom. The molecule has 106 valence electrons. The van der Waals surface area contributed by atoms with E-state index in [1.54, 1.807) is 0 Å². The Balaban J connectivity index is 2.39. The summed E-state index contributed by atoms with van der Waals surface area (Å²) in [6, 6.07) is -0.682. The summed E-state index contributed by atoms with van der Waals surface area (Å²) in [6.45, 7) is 4.12. The summed E-state index contributed by atoms with van der Waals surface area (Å²) >= 11 is 0. The van der Waals surface area contributed by atoms with Gasteiger partial charge in [-0.1, -0.05) is 26.7 Å². The first-order valence-corrected chi connectivity index (χ1v) is 7.24. The molecule has 0 radical (unpaired) electrons. The van der Waals surface area contributed by atoms with E-state index in [4.69, 9.17) is 0 Å². The van der Waals surface area contributed by atoms with Crippen LogP contribution in [0.15, 0.2) is 0 Å². The molecular formula is C14H22N2O3. The number of rotatable bonds is 4. The Morgan fingerprint density at radius 2 is 1.37 bits per heavy atom. The Kier molecular flexibility index (Phi) is 3.92. The highest BCUT2D eigenvalue weighted by Crippen LogP contribution is 2.52. The molecule has 2 fully saturated rings. The van der Waals surface area contributed by atoms with Gasteiger partial charge in [0.2, 0.25) is 11.8 Å². The lowest BCUT2D eigenvalue weighted by Crippen LogP contribution is -2.65. The Labute approximate surface area is 113 Å². The van der Waals surface area contributed by atoms with Gasteiger partial charge in [-0.25, -0.2) is 4.79 Å². The van der Waals surface area contributed by atoms with E-state index < -0.39 is 11.4 Å². The fourth-order valence-corrected chi connectivity index (χ4v) is 3.92. The maximum atomic E-state index is 12.4. The average molecular weight is 266 g/mol. The third-order valence-corrected chi connectivity index (χ3v) is 4.63. The summed E-state index contributed by atoms with van der Waals surface area (Å²) in [5.41, 5.74) is -1.01. The van der Waals surface area contributed by atoms with E-state index in [2.05, 4.69) is 24.5 Å². The lowest BCUT2D eigenvalue weighted by atomic mass is 9.67. The van der Waals surface area contributed by atoms with Crippen LogP contribution in [-0.4, -0.2) is 17.8 Å². The Bertz CT molecular complexity index is 369. The number of barbiturate groups is 1. The van der Waals surface area contributed by atoms with Gasteiger partial charge in [0, 0.05) is 0 Å². The molecule has 1 saturated carbocycles. The molecule has 0 aromatic carbocycles. The second-order valence-electron chi connectivity index (χ2n) is 5.65. The first-order valence-electron chi connectivity index (χ1n) is 7.24. The summed E-state index contributed by atoms with van der Waals surface area (Å²) in [5, 5.41) is 4.62. The Morgan fingerprint density at radius 3 is 1.74 bits per heavy atom. The van der Waals surface area contributed by atoms with Gasteiger partial charge in [0.1, 0.15) is 5.41 Å². The third-order valence-electron chi connectivity index (χ3n) is 4.63. The van der Waals surface area contributed by atoms with Crippen LogP contribution in [-0.2, 0) is 9.59 Å². The lowest BCUT2D eigenvalue weighted by Gasteiger charge is -2.39. The van der Waals surface area contributed by atoms with Crippen molar-refractivity contribution in [2.45, 2.75) is 52.4 Å². The highest BCUT2D eigenvalue weighted by molar-refractivity contribution is 6.19. The quantitative estimate of drug-likeness (QED) is 0.764. The predicted octanol–water partition coefficient (Wildman–Crippen LogP) is 1.97. The van der Waals surface area contributed by atoms with Crippen LogP contribution in [0.5, 0.6) is 0 Å². The molecule has 0 bridgehead atoms. The number of hydrogen-bond donors (Lipinski definition) is 2. The molecule has 2 atom stereocenters. The summed E-state index contributed by atoms with van der Waals surface area (Å²) in [4.78, 5) is 36.1. The molecule has 2 N–H and O–H groups in total. The topological polar surface area (TPSA) is 75.3 Å². The van der Waals surface area contributed by atoms with Crippen molar-refractivity contribution in [3.05, 3.63) is 0 Å². The maximum Gasteiger partial charge on any atom is 0.328 e. The van der Waals surface area contributed by atoms with E-state index in [1.165, 1.54) is 0 Å². The maximum absolute atomic E-state index is 12.4. The normalized spacial score (nSPS) is 29.5. The SMILES string of the molecule is CCCC1CCC(CCC)C12C(=O)NC(=O)NC2=O. The first kappa shape index (κ1) is 14.0. The van der Waals surface area contributed by atoms with Gasteiger partial charge in [-0.3, -0.25) is 20.2 Å². The van der Waals surface area contributed by atoms with Crippen LogP contribution >= 0.6 is 0 Å². The number of amides is 4. The van der Waals surface area contributed by atoms with Crippen molar-refractivity contribution in [1.82, 2.24) is 10.6 Å². The predicted molar refractivity (Wildman–Crippen MR) is 70.1 cm³/mol. The molecule has 1 heterocycles. The third kappa shape index (κ3) is 2.05. The molecule has 1 spiro atoms. The van der Waals surface area contributed by atoms with Gasteiger partial charge in [0.15, 0.2) is 0 Å². The zero-order chi connectivity index (χ0) is 14.0. The van der Waals surface area contributed by atoms with Crippen molar-refractivity contribution >= 4 is 17.8 Å². The lowest BCUT2D eigenvalue weighted by molar-refractivity contribution is -0.150. The van der Waals surface area contributed by atoms with Crippen LogP contribution in [0, 0.1) is 17.3 Å². The number of nitrogens with one attached hydrogen (secondary N) is 2. The van der Waals surface area contributed by atoms with Gasteiger partial charge in [0.05, 0.1) is 0 Å². The minimum absolute atomic E-state index is 0.0575. The number of carbonyl (C=O) groups excluding carboxylic acids is 3. The number of urea groups is 1. The molecule has 5 nitrogen and oxygen atoms in total. The summed E-state index contributed by atoms with van der Waals surface area (Å²) in [7, 11) is 0. The van der Waals surface area contributed by atoms with E-state index in [-0.39, 0.29) is 23.7 Å². The van der Waals surface area contributed by atoms with Gasteiger partial charge < -0.3 is 0 Å². The molecule has 5 heteroatoms. The molecule has 2 aliphatic rings. The summed E-state index contributed by atoms with van der Waals surface area (Å²) < 4.78 is 0. The smallest absolute Gasteiger partial charge is 0.277 e. The molecule has 1 saturated heterocycles. The van der Waals surface area contributed by atoms with Crippen LogP contribution in [0.2, 0.25) is 0 Å². The highest BCUT2D eigenvalue weighted by atomic mass is 16.2. The molecule has 1 aliphatic carbocycles. The largest absolute Gasteiger partial charge is 0.328 e. The molecule has 1 aliphatic heterocycles. The van der Waals surface area contributed by atoms with Crippen LogP contribution < -0.4 is 10.6 Å². The van der Waals surface area contributed by atoms with Crippen LogP contribution in [0.4, 0.5) is 4.79 Å². The van der Waals surface area contributed by atoms with Crippen molar-refractivity contribution in [3.63, 3.8) is 0 Å². The monoisotopic (exact) mass is 266 g/mol. The van der Waals surface area contributed by atoms with E-state index in [0.29, 0.717) is 0 Å². The van der Waals surface area contributed by atoms with Crippen molar-refractivity contribution < 1.29 is 14.4 Å². The van der Waals surface area contributed by atoms with E-state index in [1.807, 2.05) is 0 Å². The standard InChI is InChI=1S/C14H22N2O3/c1-3-5-9-7-8-10(6-4-2)14(9)11(17)15-13(19)16-12(14)18/h9-10H,3-8H2,1-2H3,(H2,15,16,17,18,19). The minimum atomic E-state index is -1.01. The first-order chi connectivity index (χ1) is 9.07. The average Bonchev–Trinajstić information content (AvgIpc) is 2.68. The molecule has 2 rings (SSSR count). The van der Waals surface area contributed by atoms with Crippen molar-refractivity contribution in [3.8, 4) is 0 Å². The molecule has 0 aromatic heterocycles. The minimum Gasteiger partial charge on any atom is -0.277 e. The highest BCUT2D eigenvalue weighted by Gasteiger charge is 2.61. The van der Waals surface area contributed by atoms with E-state index >= 15 is 0 Å². The second kappa shape index (κ2) is 5.31. The summed E-state index contributed by atoms with van der Waals surface area (Å²) in [5.74, 6) is -0.643. The van der Waals surface area contributed by atoms with Gasteiger partial charge in [-0.05, 0) is 37.5 Å². The van der Waals surface area contributed by atoms with Gasteiger partial charge in [0.25, 0.3) is 0 Å². The zero-order valence-electron chi connectivity index (χ0n) is 11.6. The van der Waals surface area contributed by atoms with Crippen molar-refractivity contribution in [2.24, 2.45) is 17.3 Å². The molecule has 4 amide bonds. The van der Waals surface area contributed by atoms with Crippen LogP contribution in [0.25, 0.3) is 0 Å². The molecular weight excluding hydrogens is 244 g/mol. The molecule has 19 heavy (non-hydrogen) atoms. The summed E-state index contributed by atoms with van der Waals surface area (Å²) in [6.07, 6.45) is 5.39. The van der Waals surface area contributed by atoms with E-state index in [0.717, 1.165) is 38.5 Å². The van der Waals surface area contributed by atoms with Gasteiger partial charge in [-0.15, -0.1) is 0 Å². The number of hydrogen-bond acceptors (Lipinski definition) is 3. The second-order valence-corrected chi connectivity index (χ2v) is 5.65. The fraction of sp³-hybridized carbons (Fsp3) is 0.786. The van der Waals surface area contributed by atoms with Gasteiger partial charge in [-0.2, -0.15) is 0 Å². The van der Waals surface area contributed by atoms with Crippen molar-refractivity contribution in [1.29, 1.82) is 0 Å². The molecule has 2 unspecified atom stereocenters. The number of carbonyl (C=O) groups is 3. The van der Waals surface area contributed by atoms with Crippen LogP contribution in [0.1, 0.15) is 52.4 Å². The zero-order valence-corrected chi connectivity index (χ0v) is 11.6. The van der Waals surface area contributed by atoms with Gasteiger partial charge >= 0.3 is 6.03 Å². The fourth-order valence-electron chi connectivity index (χ4n) is 3.92. The number of imide groups is 2. The van der Waals surface area contributed by atoms with E-state index in [9.17, 15) is 14.4 Å². The molecule has 0 aromatic rings. The van der Waals surface area contributed by atoms with Crippen molar-refractivity contribution in [2.75, 3.05) is 0 Å². The van der Waals surface area contributed by atoms with Crippen LogP contribution in [0.3, 0.4) is 0 Å².